The van der Waals surface area contributed by atoms with Crippen LogP contribution in [0.4, 0.5) is 17.1 Å². The van der Waals surface area contributed by atoms with Gasteiger partial charge in [-0.3, -0.25) is 19.1 Å². The molecule has 3 amide bonds. The van der Waals surface area contributed by atoms with E-state index in [0.29, 0.717) is 51.7 Å². The number of aromatic nitrogens is 3. The Labute approximate surface area is 269 Å². The van der Waals surface area contributed by atoms with Crippen molar-refractivity contribution in [2.24, 2.45) is 5.92 Å². The Morgan fingerprint density at radius 1 is 0.935 bits per heavy atom. The van der Waals surface area contributed by atoms with Gasteiger partial charge in [0.1, 0.15) is 0 Å². The molecule has 3 fully saturated rings. The van der Waals surface area contributed by atoms with Gasteiger partial charge >= 0.3 is 0 Å². The van der Waals surface area contributed by atoms with E-state index in [-0.39, 0.29) is 36.4 Å². The van der Waals surface area contributed by atoms with Crippen molar-refractivity contribution < 1.29 is 24.2 Å². The van der Waals surface area contributed by atoms with Crippen LogP contribution in [0.15, 0.2) is 48.7 Å². The number of nitrogens with zero attached hydrogens (tertiary/aromatic N) is 6. The van der Waals surface area contributed by atoms with Gasteiger partial charge in [0.05, 0.1) is 24.0 Å². The van der Waals surface area contributed by atoms with Crippen LogP contribution in [-0.4, -0.2) is 63.6 Å². The standard InChI is InChI=1S/C35H42N6O5/c1-24-20-29(14-18-38-23-26(15-19-42)36-37-38)46-35(24)30-21-28(40-17-5-3-7-33(40)44)12-13-31(30)41(34(35)45)22-25-8-10-27(11-9-25)39-16-4-2-6-32(39)43/h8-13,21,23-24,29,42H,2-7,14-20,22H2,1H3/t24-,29+,35+/m1/s1. The number of anilines is 3. The summed E-state index contributed by atoms with van der Waals surface area (Å²) in [7, 11) is 0. The molecule has 3 atom stereocenters. The molecule has 0 aliphatic carbocycles. The Balaban J connectivity index is 1.17. The number of piperidine rings is 2. The van der Waals surface area contributed by atoms with Crippen LogP contribution in [0.3, 0.4) is 0 Å². The SMILES string of the molecule is C[C@@H]1C[C@H](CCn2cc(CCO)nn2)O[C@@]12C(=O)N(Cc1ccc(N3CCCCC3=O)cc1)c1ccc(N3CCCCC3=O)cc12. The Hall–Kier alpha value is -4.09. The monoisotopic (exact) mass is 626 g/mol. The highest BCUT2D eigenvalue weighted by Gasteiger charge is 2.60. The highest BCUT2D eigenvalue weighted by Crippen LogP contribution is 2.54. The second-order valence-electron chi connectivity index (χ2n) is 13.1. The minimum absolute atomic E-state index is 0.0236. The van der Waals surface area contributed by atoms with Crippen LogP contribution >= 0.6 is 0 Å². The Morgan fingerprint density at radius 2 is 1.63 bits per heavy atom. The second kappa shape index (κ2) is 12.6. The van der Waals surface area contributed by atoms with Crippen molar-refractivity contribution in [3.05, 3.63) is 65.5 Å². The molecule has 1 N–H and O–H groups in total. The summed E-state index contributed by atoms with van der Waals surface area (Å²) >= 11 is 0. The molecule has 3 saturated heterocycles. The highest BCUT2D eigenvalue weighted by molar-refractivity contribution is 6.08. The predicted octanol–water partition coefficient (Wildman–Crippen LogP) is 4.10. The third kappa shape index (κ3) is 5.49. The van der Waals surface area contributed by atoms with Crippen LogP contribution in [0.1, 0.15) is 75.1 Å². The third-order valence-corrected chi connectivity index (χ3v) is 10.1. The Kier molecular flexibility index (Phi) is 8.37. The summed E-state index contributed by atoms with van der Waals surface area (Å²) in [5.41, 5.74) is 3.89. The molecule has 46 heavy (non-hydrogen) atoms. The van der Waals surface area contributed by atoms with E-state index in [0.717, 1.165) is 66.1 Å². The fourth-order valence-electron chi connectivity index (χ4n) is 7.64. The van der Waals surface area contributed by atoms with Crippen LogP contribution in [0.25, 0.3) is 0 Å². The molecule has 1 spiro atoms. The van der Waals surface area contributed by atoms with Crippen molar-refractivity contribution in [3.63, 3.8) is 0 Å². The maximum atomic E-state index is 14.6. The van der Waals surface area contributed by atoms with Crippen LogP contribution in [0.2, 0.25) is 0 Å². The minimum Gasteiger partial charge on any atom is -0.396 e. The fourth-order valence-corrected chi connectivity index (χ4v) is 7.64. The number of amides is 3. The van der Waals surface area contributed by atoms with E-state index in [2.05, 4.69) is 17.2 Å². The van der Waals surface area contributed by atoms with Gasteiger partial charge in [0.15, 0.2) is 5.60 Å². The van der Waals surface area contributed by atoms with Gasteiger partial charge in [-0.1, -0.05) is 24.3 Å². The van der Waals surface area contributed by atoms with E-state index in [1.165, 1.54) is 0 Å². The number of aryl methyl sites for hydroxylation is 1. The zero-order chi connectivity index (χ0) is 31.8. The number of hydrogen-bond acceptors (Lipinski definition) is 7. The number of ether oxygens (including phenoxy) is 1. The maximum Gasteiger partial charge on any atom is 0.264 e. The zero-order valence-corrected chi connectivity index (χ0v) is 26.4. The minimum atomic E-state index is -1.15. The van der Waals surface area contributed by atoms with Crippen LogP contribution in [-0.2, 0) is 44.2 Å². The van der Waals surface area contributed by atoms with Gasteiger partial charge in [-0.25, -0.2) is 0 Å². The van der Waals surface area contributed by atoms with Crippen molar-refractivity contribution >= 4 is 34.8 Å². The molecule has 0 unspecified atom stereocenters. The van der Waals surface area contributed by atoms with Crippen molar-refractivity contribution in [3.8, 4) is 0 Å². The van der Waals surface area contributed by atoms with E-state index in [4.69, 9.17) is 4.74 Å². The molecule has 11 nitrogen and oxygen atoms in total. The van der Waals surface area contributed by atoms with E-state index < -0.39 is 5.60 Å². The lowest BCUT2D eigenvalue weighted by molar-refractivity contribution is -0.146. The largest absolute Gasteiger partial charge is 0.396 e. The smallest absolute Gasteiger partial charge is 0.264 e. The van der Waals surface area contributed by atoms with E-state index >= 15 is 0 Å². The van der Waals surface area contributed by atoms with Gasteiger partial charge in [-0.15, -0.1) is 5.10 Å². The first kappa shape index (κ1) is 30.6. The lowest BCUT2D eigenvalue weighted by Crippen LogP contribution is -2.43. The summed E-state index contributed by atoms with van der Waals surface area (Å²) in [6, 6.07) is 13.9. The number of fused-ring (bicyclic) bond motifs is 2. The first-order valence-corrected chi connectivity index (χ1v) is 16.7. The summed E-state index contributed by atoms with van der Waals surface area (Å²) in [5, 5.41) is 17.5. The molecule has 2 aromatic carbocycles. The lowest BCUT2D eigenvalue weighted by atomic mass is 9.82. The van der Waals surface area contributed by atoms with Gasteiger partial charge in [0, 0.05) is 74.6 Å². The van der Waals surface area contributed by atoms with Crippen molar-refractivity contribution in [2.45, 2.75) is 89.5 Å². The number of hydrogen-bond donors (Lipinski definition) is 1. The molecular formula is C35H42N6O5. The first-order chi connectivity index (χ1) is 22.4. The molecule has 3 aromatic rings. The van der Waals surface area contributed by atoms with Gasteiger partial charge in [0.2, 0.25) is 11.8 Å². The highest BCUT2D eigenvalue weighted by atomic mass is 16.5. The number of carbonyl (C=O) groups is 3. The van der Waals surface area contributed by atoms with Crippen molar-refractivity contribution in [2.75, 3.05) is 34.4 Å². The van der Waals surface area contributed by atoms with Crippen LogP contribution < -0.4 is 14.7 Å². The number of rotatable bonds is 9. The molecule has 0 saturated carbocycles. The average molecular weight is 627 g/mol. The summed E-state index contributed by atoms with van der Waals surface area (Å²) in [5.74, 6) is 0.0967. The Bertz CT molecular complexity index is 1620. The number of carbonyl (C=O) groups excluding carboxylic acids is 3. The molecule has 0 radical (unpaired) electrons. The number of benzene rings is 2. The predicted molar refractivity (Wildman–Crippen MR) is 172 cm³/mol. The van der Waals surface area contributed by atoms with Gasteiger partial charge in [0.25, 0.3) is 5.91 Å². The quantitative estimate of drug-likeness (QED) is 0.380. The van der Waals surface area contributed by atoms with Crippen LogP contribution in [0.5, 0.6) is 0 Å². The molecule has 4 aliphatic heterocycles. The van der Waals surface area contributed by atoms with E-state index in [1.807, 2.05) is 63.4 Å². The van der Waals surface area contributed by atoms with Gasteiger partial charge < -0.3 is 24.5 Å². The second-order valence-corrected chi connectivity index (χ2v) is 13.1. The van der Waals surface area contributed by atoms with Crippen molar-refractivity contribution in [1.82, 2.24) is 15.0 Å². The molecule has 4 aliphatic rings. The van der Waals surface area contributed by atoms with Gasteiger partial charge in [-0.2, -0.15) is 0 Å². The molecule has 242 valence electrons. The van der Waals surface area contributed by atoms with Crippen LogP contribution in [0, 0.1) is 5.92 Å². The first-order valence-electron chi connectivity index (χ1n) is 16.7. The Morgan fingerprint density at radius 3 is 2.33 bits per heavy atom. The molecule has 1 aromatic heterocycles. The van der Waals surface area contributed by atoms with Crippen molar-refractivity contribution in [1.29, 1.82) is 0 Å². The molecule has 0 bridgehead atoms. The average Bonchev–Trinajstić information content (AvgIpc) is 3.72. The van der Waals surface area contributed by atoms with E-state index in [1.54, 1.807) is 4.68 Å². The summed E-state index contributed by atoms with van der Waals surface area (Å²) in [6.45, 7) is 4.47. The molecule has 5 heterocycles. The normalized spacial score (nSPS) is 24.8. The topological polar surface area (TPSA) is 121 Å². The van der Waals surface area contributed by atoms with Gasteiger partial charge in [-0.05, 0) is 74.4 Å². The fraction of sp³-hybridized carbons (Fsp3) is 0.514. The van der Waals surface area contributed by atoms with E-state index in [9.17, 15) is 19.5 Å². The summed E-state index contributed by atoms with van der Waals surface area (Å²) in [4.78, 5) is 45.5. The maximum absolute atomic E-state index is 14.6. The third-order valence-electron chi connectivity index (χ3n) is 10.1. The molecular weight excluding hydrogens is 584 g/mol. The lowest BCUT2D eigenvalue weighted by Gasteiger charge is -2.30. The number of aliphatic hydroxyl groups excluding tert-OH is 1. The summed E-state index contributed by atoms with van der Waals surface area (Å²) in [6.07, 6.45) is 8.42. The summed E-state index contributed by atoms with van der Waals surface area (Å²) < 4.78 is 8.61. The number of aliphatic hydroxyl groups is 1. The zero-order valence-electron chi connectivity index (χ0n) is 26.4. The molecule has 11 heteroatoms. The molecule has 7 rings (SSSR count).